The lowest BCUT2D eigenvalue weighted by atomic mass is 10.2. The number of carbonyl (C=O) groups is 1. The molecular weight excluding hydrogens is 348 g/mol. The first-order chi connectivity index (χ1) is 12.7. The van der Waals surface area contributed by atoms with Crippen LogP contribution in [0, 0.1) is 0 Å². The van der Waals surface area contributed by atoms with E-state index in [1.54, 1.807) is 23.5 Å². The van der Waals surface area contributed by atoms with E-state index in [0.717, 1.165) is 22.3 Å². The fourth-order valence-corrected chi connectivity index (χ4v) is 3.31. The molecule has 0 bridgehead atoms. The summed E-state index contributed by atoms with van der Waals surface area (Å²) in [5.74, 6) is 1.10. The number of hydrogen-bond donors (Lipinski definition) is 1. The van der Waals surface area contributed by atoms with Crippen molar-refractivity contribution in [2.45, 2.75) is 6.42 Å². The van der Waals surface area contributed by atoms with Crippen LogP contribution in [0.3, 0.4) is 0 Å². The van der Waals surface area contributed by atoms with Gasteiger partial charge in [0, 0.05) is 18.9 Å². The molecule has 1 aromatic carbocycles. The maximum atomic E-state index is 12.0. The van der Waals surface area contributed by atoms with Crippen LogP contribution in [-0.4, -0.2) is 20.4 Å². The highest BCUT2D eigenvalue weighted by molar-refractivity contribution is 7.08. The van der Waals surface area contributed by atoms with E-state index in [2.05, 4.69) is 15.3 Å². The Labute approximate surface area is 154 Å². The van der Waals surface area contributed by atoms with Gasteiger partial charge in [-0.05, 0) is 52.7 Å². The number of rotatable bonds is 5. The van der Waals surface area contributed by atoms with Gasteiger partial charge in [0.25, 0.3) is 0 Å². The SMILES string of the molecule is Cn1ccc2c(Oc3ccc(NC(=O)Cc4ccsc4)cc3)ncnc21. The average molecular weight is 364 g/mol. The molecule has 4 aromatic rings. The molecule has 0 aliphatic carbocycles. The first kappa shape index (κ1) is 16.3. The summed E-state index contributed by atoms with van der Waals surface area (Å²) in [6.45, 7) is 0. The van der Waals surface area contributed by atoms with Crippen LogP contribution in [0.5, 0.6) is 11.6 Å². The molecule has 26 heavy (non-hydrogen) atoms. The lowest BCUT2D eigenvalue weighted by molar-refractivity contribution is -0.115. The molecule has 1 amide bonds. The minimum atomic E-state index is -0.0427. The summed E-state index contributed by atoms with van der Waals surface area (Å²) in [4.78, 5) is 20.5. The normalized spacial score (nSPS) is 10.8. The average Bonchev–Trinajstić information content (AvgIpc) is 3.27. The molecule has 1 N–H and O–H groups in total. The Morgan fingerprint density at radius 2 is 2.04 bits per heavy atom. The third-order valence-electron chi connectivity index (χ3n) is 3.92. The number of carbonyl (C=O) groups excluding carboxylic acids is 1. The summed E-state index contributed by atoms with van der Waals surface area (Å²) in [6, 6.07) is 11.1. The zero-order chi connectivity index (χ0) is 17.9. The van der Waals surface area contributed by atoms with Crippen LogP contribution in [0.2, 0.25) is 0 Å². The van der Waals surface area contributed by atoms with Crippen LogP contribution in [0.25, 0.3) is 11.0 Å². The highest BCUT2D eigenvalue weighted by Gasteiger charge is 2.09. The molecule has 130 valence electrons. The lowest BCUT2D eigenvalue weighted by Crippen LogP contribution is -2.13. The van der Waals surface area contributed by atoms with E-state index in [4.69, 9.17) is 4.74 Å². The third kappa shape index (κ3) is 3.43. The number of aryl methyl sites for hydroxylation is 1. The molecule has 0 saturated carbocycles. The number of ether oxygens (including phenoxy) is 1. The van der Waals surface area contributed by atoms with Gasteiger partial charge < -0.3 is 14.6 Å². The fraction of sp³-hybridized carbons (Fsp3) is 0.105. The van der Waals surface area contributed by atoms with Crippen molar-refractivity contribution < 1.29 is 9.53 Å². The summed E-state index contributed by atoms with van der Waals surface area (Å²) in [5, 5.41) is 7.67. The van der Waals surface area contributed by atoms with Crippen LogP contribution in [0.15, 0.2) is 59.7 Å². The van der Waals surface area contributed by atoms with Crippen molar-refractivity contribution in [1.29, 1.82) is 0 Å². The molecule has 0 aliphatic heterocycles. The fourth-order valence-electron chi connectivity index (χ4n) is 2.64. The van der Waals surface area contributed by atoms with Gasteiger partial charge in [-0.15, -0.1) is 0 Å². The maximum Gasteiger partial charge on any atom is 0.231 e. The molecule has 0 spiro atoms. The van der Waals surface area contributed by atoms with Crippen molar-refractivity contribution in [1.82, 2.24) is 14.5 Å². The molecular formula is C19H16N4O2S. The Bertz CT molecular complexity index is 1040. The number of nitrogens with one attached hydrogen (secondary N) is 1. The van der Waals surface area contributed by atoms with Gasteiger partial charge in [-0.3, -0.25) is 4.79 Å². The number of anilines is 1. The molecule has 0 unspecified atom stereocenters. The summed E-state index contributed by atoms with van der Waals surface area (Å²) >= 11 is 1.58. The summed E-state index contributed by atoms with van der Waals surface area (Å²) < 4.78 is 7.79. The van der Waals surface area contributed by atoms with Crippen LogP contribution in [-0.2, 0) is 18.3 Å². The molecule has 3 heterocycles. The zero-order valence-corrected chi connectivity index (χ0v) is 14.9. The Morgan fingerprint density at radius 1 is 1.19 bits per heavy atom. The smallest absolute Gasteiger partial charge is 0.231 e. The molecule has 0 fully saturated rings. The van der Waals surface area contributed by atoms with E-state index in [-0.39, 0.29) is 5.91 Å². The van der Waals surface area contributed by atoms with Crippen LogP contribution in [0.4, 0.5) is 5.69 Å². The number of benzene rings is 1. The number of amides is 1. The van der Waals surface area contributed by atoms with Gasteiger partial charge in [0.15, 0.2) is 0 Å². The van der Waals surface area contributed by atoms with E-state index in [1.165, 1.54) is 6.33 Å². The number of hydrogen-bond acceptors (Lipinski definition) is 5. The zero-order valence-electron chi connectivity index (χ0n) is 14.0. The van der Waals surface area contributed by atoms with Gasteiger partial charge in [-0.1, -0.05) is 0 Å². The van der Waals surface area contributed by atoms with E-state index in [9.17, 15) is 4.79 Å². The topological polar surface area (TPSA) is 69.0 Å². The number of thiophene rings is 1. The van der Waals surface area contributed by atoms with Crippen molar-refractivity contribution in [2.75, 3.05) is 5.32 Å². The van der Waals surface area contributed by atoms with Crippen molar-refractivity contribution in [3.63, 3.8) is 0 Å². The predicted molar refractivity (Wildman–Crippen MR) is 102 cm³/mol. The Hall–Kier alpha value is -3.19. The summed E-state index contributed by atoms with van der Waals surface area (Å²) in [6.07, 6.45) is 3.77. The van der Waals surface area contributed by atoms with E-state index in [1.807, 2.05) is 52.8 Å². The number of nitrogens with zero attached hydrogens (tertiary/aromatic N) is 3. The second-order valence-corrected chi connectivity index (χ2v) is 6.61. The number of fused-ring (bicyclic) bond motifs is 1. The minimum Gasteiger partial charge on any atom is -0.438 e. The van der Waals surface area contributed by atoms with Gasteiger partial charge in [-0.25, -0.2) is 9.97 Å². The van der Waals surface area contributed by atoms with Gasteiger partial charge in [0.2, 0.25) is 11.8 Å². The highest BCUT2D eigenvalue weighted by atomic mass is 32.1. The first-order valence-corrected chi connectivity index (χ1v) is 8.98. The molecule has 4 rings (SSSR count). The highest BCUT2D eigenvalue weighted by Crippen LogP contribution is 2.27. The minimum absolute atomic E-state index is 0.0427. The van der Waals surface area contributed by atoms with Gasteiger partial charge >= 0.3 is 0 Å². The molecule has 0 radical (unpaired) electrons. The second kappa shape index (κ2) is 6.97. The largest absolute Gasteiger partial charge is 0.438 e. The van der Waals surface area contributed by atoms with Crippen molar-refractivity contribution in [2.24, 2.45) is 7.05 Å². The quantitative estimate of drug-likeness (QED) is 0.581. The van der Waals surface area contributed by atoms with Crippen molar-refractivity contribution in [3.8, 4) is 11.6 Å². The van der Waals surface area contributed by atoms with Gasteiger partial charge in [0.05, 0.1) is 11.8 Å². The van der Waals surface area contributed by atoms with E-state index < -0.39 is 0 Å². The third-order valence-corrected chi connectivity index (χ3v) is 4.65. The van der Waals surface area contributed by atoms with Gasteiger partial charge in [0.1, 0.15) is 17.7 Å². The first-order valence-electron chi connectivity index (χ1n) is 8.04. The molecule has 6 nitrogen and oxygen atoms in total. The van der Waals surface area contributed by atoms with E-state index >= 15 is 0 Å². The maximum absolute atomic E-state index is 12.0. The van der Waals surface area contributed by atoms with Crippen LogP contribution in [0.1, 0.15) is 5.56 Å². The van der Waals surface area contributed by atoms with Crippen molar-refractivity contribution in [3.05, 3.63) is 65.2 Å². The lowest BCUT2D eigenvalue weighted by Gasteiger charge is -2.08. The summed E-state index contributed by atoms with van der Waals surface area (Å²) in [7, 11) is 1.92. The molecule has 7 heteroatoms. The van der Waals surface area contributed by atoms with Crippen LogP contribution >= 0.6 is 11.3 Å². The second-order valence-electron chi connectivity index (χ2n) is 5.83. The molecule has 0 saturated heterocycles. The predicted octanol–water partition coefficient (Wildman–Crippen LogP) is 4.00. The molecule has 3 aromatic heterocycles. The number of aromatic nitrogens is 3. The standard InChI is InChI=1S/C19H16N4O2S/c1-23-8-6-16-18(23)20-12-21-19(16)25-15-4-2-14(3-5-15)22-17(24)10-13-7-9-26-11-13/h2-9,11-12H,10H2,1H3,(H,22,24). The Balaban J connectivity index is 1.45. The van der Waals surface area contributed by atoms with Crippen molar-refractivity contribution >= 4 is 34.0 Å². The van der Waals surface area contributed by atoms with Crippen LogP contribution < -0.4 is 10.1 Å². The monoisotopic (exact) mass is 364 g/mol. The molecule has 0 aliphatic rings. The molecule has 0 atom stereocenters. The van der Waals surface area contributed by atoms with Gasteiger partial charge in [-0.2, -0.15) is 11.3 Å². The Morgan fingerprint density at radius 3 is 2.81 bits per heavy atom. The van der Waals surface area contributed by atoms with E-state index in [0.29, 0.717) is 18.1 Å². The Kier molecular flexibility index (Phi) is 4.37. The summed E-state index contributed by atoms with van der Waals surface area (Å²) in [5.41, 5.74) is 2.56.